The Bertz CT molecular complexity index is 790. The van der Waals surface area contributed by atoms with Crippen LogP contribution in [0.1, 0.15) is 22.3 Å². The average Bonchev–Trinajstić information content (AvgIpc) is 2.56. The zero-order valence-electron chi connectivity index (χ0n) is 11.6. The predicted molar refractivity (Wildman–Crippen MR) is 84.7 cm³/mol. The topological polar surface area (TPSA) is 58.5 Å². The first-order valence-electron chi connectivity index (χ1n) is 6.76. The van der Waals surface area contributed by atoms with Crippen LogP contribution in [0.25, 0.3) is 0 Å². The lowest BCUT2D eigenvalue weighted by Crippen LogP contribution is -2.08. The molecule has 1 heterocycles. The van der Waals surface area contributed by atoms with Gasteiger partial charge in [-0.15, -0.1) is 0 Å². The van der Waals surface area contributed by atoms with Gasteiger partial charge in [-0.05, 0) is 42.7 Å². The van der Waals surface area contributed by atoms with Crippen molar-refractivity contribution >= 4 is 34.9 Å². The predicted octanol–water partition coefficient (Wildman–Crippen LogP) is 3.42. The van der Waals surface area contributed by atoms with Crippen molar-refractivity contribution in [2.45, 2.75) is 17.7 Å². The molecule has 0 aromatic heterocycles. The van der Waals surface area contributed by atoms with E-state index in [0.29, 0.717) is 16.9 Å². The normalized spacial score (nSPS) is 14.2. The van der Waals surface area contributed by atoms with Crippen molar-refractivity contribution in [3.63, 3.8) is 0 Å². The van der Waals surface area contributed by atoms with Crippen molar-refractivity contribution < 1.29 is 13.4 Å². The van der Waals surface area contributed by atoms with Crippen LogP contribution in [0.2, 0.25) is 0 Å². The van der Waals surface area contributed by atoms with Crippen molar-refractivity contribution in [1.82, 2.24) is 0 Å². The number of aryl methyl sites for hydroxylation is 1. The van der Waals surface area contributed by atoms with Gasteiger partial charge in [0.2, 0.25) is 0 Å². The molecular weight excluding hydrogens is 303 g/mol. The molecule has 1 aliphatic rings. The number of fused-ring (bicyclic) bond motifs is 1. The fraction of sp³-hybridized carbons (Fsp3) is 0.125. The third-order valence-electron chi connectivity index (χ3n) is 3.38. The number of halogens is 1. The first kappa shape index (κ1) is 14.6. The van der Waals surface area contributed by atoms with E-state index in [4.69, 9.17) is 0 Å². The molecule has 22 heavy (non-hydrogen) atoms. The highest BCUT2D eigenvalue weighted by Crippen LogP contribution is 2.31. The number of aldehydes is 1. The maximum absolute atomic E-state index is 13.9. The molecule has 2 aromatic carbocycles. The summed E-state index contributed by atoms with van der Waals surface area (Å²) in [6.07, 6.45) is 4.07. The van der Waals surface area contributed by atoms with E-state index in [-0.39, 0.29) is 11.3 Å². The third-order valence-corrected chi connectivity index (χ3v) is 4.51. The molecule has 1 unspecified atom stereocenters. The number of nitrogens with one attached hydrogen (secondary N) is 1. The number of rotatable bonds is 4. The maximum atomic E-state index is 13.9. The van der Waals surface area contributed by atoms with Crippen molar-refractivity contribution in [1.29, 1.82) is 0 Å². The first-order valence-corrected chi connectivity index (χ1v) is 7.91. The second-order valence-corrected chi connectivity index (χ2v) is 6.02. The largest absolute Gasteiger partial charge is 0.298 e. The van der Waals surface area contributed by atoms with E-state index in [1.54, 1.807) is 12.3 Å². The number of para-hydroxylation sites is 1. The third kappa shape index (κ3) is 2.82. The molecule has 1 aliphatic heterocycles. The minimum absolute atomic E-state index is 0.0846. The second kappa shape index (κ2) is 6.19. The number of nitrogens with zero attached hydrogens (tertiary/aromatic N) is 1. The number of benzene rings is 2. The standard InChI is InChI=1S/C16H13FN2O2S/c17-13-9-11(10-20)6-7-14(13)19-22(21)15-5-1-3-12-4-2-8-18-16(12)15/h1,3,5-10,19H,2,4H2. The smallest absolute Gasteiger partial charge is 0.152 e. The Labute approximate surface area is 129 Å². The molecule has 0 bridgehead atoms. The van der Waals surface area contributed by atoms with Crippen molar-refractivity contribution in [2.24, 2.45) is 4.99 Å². The van der Waals surface area contributed by atoms with E-state index < -0.39 is 16.8 Å². The molecule has 0 saturated carbocycles. The Balaban J connectivity index is 1.90. The highest BCUT2D eigenvalue weighted by Gasteiger charge is 2.16. The molecule has 3 rings (SSSR count). The van der Waals surface area contributed by atoms with Gasteiger partial charge < -0.3 is 0 Å². The number of hydrogen-bond donors (Lipinski definition) is 1. The van der Waals surface area contributed by atoms with Gasteiger partial charge in [-0.25, -0.2) is 8.60 Å². The van der Waals surface area contributed by atoms with Crippen LogP contribution in [-0.4, -0.2) is 16.7 Å². The molecule has 1 N–H and O–H groups in total. The molecule has 0 radical (unpaired) electrons. The summed E-state index contributed by atoms with van der Waals surface area (Å²) in [7, 11) is -1.63. The number of aliphatic imine (C=N–C) groups is 1. The SMILES string of the molecule is O=Cc1ccc(NS(=O)c2cccc3c2N=CCC3)c(F)c1. The van der Waals surface area contributed by atoms with Crippen LogP contribution in [0.15, 0.2) is 46.3 Å². The first-order chi connectivity index (χ1) is 10.7. The highest BCUT2D eigenvalue weighted by molar-refractivity contribution is 7.86. The van der Waals surface area contributed by atoms with E-state index in [1.807, 2.05) is 12.1 Å². The fourth-order valence-electron chi connectivity index (χ4n) is 2.28. The van der Waals surface area contributed by atoms with E-state index in [1.165, 1.54) is 12.1 Å². The van der Waals surface area contributed by atoms with E-state index in [9.17, 15) is 13.4 Å². The van der Waals surface area contributed by atoms with Gasteiger partial charge in [0.05, 0.1) is 16.3 Å². The molecule has 0 aliphatic carbocycles. The number of anilines is 1. The summed E-state index contributed by atoms with van der Waals surface area (Å²) in [4.78, 5) is 15.4. The Kier molecular flexibility index (Phi) is 4.11. The van der Waals surface area contributed by atoms with E-state index in [2.05, 4.69) is 9.71 Å². The average molecular weight is 316 g/mol. The fourth-order valence-corrected chi connectivity index (χ4v) is 3.32. The molecule has 0 spiro atoms. The molecule has 4 nitrogen and oxygen atoms in total. The summed E-state index contributed by atoms with van der Waals surface area (Å²) in [5.41, 5.74) is 2.04. The Hall–Kier alpha value is -2.34. The minimum atomic E-state index is -1.63. The monoisotopic (exact) mass is 316 g/mol. The van der Waals surface area contributed by atoms with E-state index in [0.717, 1.165) is 24.5 Å². The summed E-state index contributed by atoms with van der Waals surface area (Å²) < 4.78 is 29.0. The van der Waals surface area contributed by atoms with E-state index >= 15 is 0 Å². The van der Waals surface area contributed by atoms with Crippen LogP contribution >= 0.6 is 0 Å². The lowest BCUT2D eigenvalue weighted by Gasteiger charge is -2.14. The zero-order valence-corrected chi connectivity index (χ0v) is 12.4. The van der Waals surface area contributed by atoms with Gasteiger partial charge in [-0.2, -0.15) is 0 Å². The second-order valence-electron chi connectivity index (χ2n) is 4.84. The van der Waals surface area contributed by atoms with Crippen LogP contribution < -0.4 is 4.72 Å². The lowest BCUT2D eigenvalue weighted by molar-refractivity contribution is 0.112. The molecular formula is C16H13FN2O2S. The minimum Gasteiger partial charge on any atom is -0.298 e. The van der Waals surface area contributed by atoms with Gasteiger partial charge in [0, 0.05) is 11.8 Å². The quantitative estimate of drug-likeness (QED) is 0.879. The van der Waals surface area contributed by atoms with Crippen LogP contribution in [0.4, 0.5) is 15.8 Å². The molecule has 2 aromatic rings. The molecule has 112 valence electrons. The Morgan fingerprint density at radius 1 is 1.27 bits per heavy atom. The number of carbonyl (C=O) groups is 1. The van der Waals surface area contributed by atoms with Crippen molar-refractivity contribution in [2.75, 3.05) is 4.72 Å². The zero-order chi connectivity index (χ0) is 15.5. The molecule has 0 amide bonds. The molecule has 1 atom stereocenters. The van der Waals surface area contributed by atoms with Gasteiger partial charge in [0.15, 0.2) is 11.0 Å². The maximum Gasteiger partial charge on any atom is 0.152 e. The van der Waals surface area contributed by atoms with Crippen LogP contribution in [-0.2, 0) is 17.4 Å². The Morgan fingerprint density at radius 3 is 2.91 bits per heavy atom. The van der Waals surface area contributed by atoms with Gasteiger partial charge >= 0.3 is 0 Å². The summed E-state index contributed by atoms with van der Waals surface area (Å²) in [6, 6.07) is 9.45. The van der Waals surface area contributed by atoms with Gasteiger partial charge in [-0.1, -0.05) is 12.1 Å². The van der Waals surface area contributed by atoms with Gasteiger partial charge in [0.1, 0.15) is 12.1 Å². The highest BCUT2D eigenvalue weighted by atomic mass is 32.2. The molecule has 0 fully saturated rings. The van der Waals surface area contributed by atoms with Crippen molar-refractivity contribution in [3.8, 4) is 0 Å². The molecule has 0 saturated heterocycles. The summed E-state index contributed by atoms with van der Waals surface area (Å²) in [5, 5.41) is 0. The molecule has 6 heteroatoms. The summed E-state index contributed by atoms with van der Waals surface area (Å²) in [5.74, 6) is -0.619. The summed E-state index contributed by atoms with van der Waals surface area (Å²) in [6.45, 7) is 0. The van der Waals surface area contributed by atoms with Crippen LogP contribution in [0.3, 0.4) is 0 Å². The van der Waals surface area contributed by atoms with Crippen LogP contribution in [0, 0.1) is 5.82 Å². The lowest BCUT2D eigenvalue weighted by atomic mass is 10.1. The Morgan fingerprint density at radius 2 is 2.14 bits per heavy atom. The van der Waals surface area contributed by atoms with Crippen LogP contribution in [0.5, 0.6) is 0 Å². The van der Waals surface area contributed by atoms with Gasteiger partial charge in [0.25, 0.3) is 0 Å². The number of carbonyl (C=O) groups excluding carboxylic acids is 1. The van der Waals surface area contributed by atoms with Crippen molar-refractivity contribution in [3.05, 3.63) is 53.3 Å². The van der Waals surface area contributed by atoms with Gasteiger partial charge in [-0.3, -0.25) is 14.5 Å². The summed E-state index contributed by atoms with van der Waals surface area (Å²) >= 11 is 0. The number of hydrogen-bond acceptors (Lipinski definition) is 3.